The molecule has 0 fully saturated rings. The Balaban J connectivity index is 2.01. The smallest absolute Gasteiger partial charge is 0.306 e. The number of esters is 2. The van der Waals surface area contributed by atoms with Gasteiger partial charge in [0.25, 0.3) is 0 Å². The predicted molar refractivity (Wildman–Crippen MR) is 103 cm³/mol. The monoisotopic (exact) mass is 446 g/mol. The molecule has 1 aromatic carbocycles. The molecule has 5 heteroatoms. The van der Waals surface area contributed by atoms with Crippen LogP contribution < -0.4 is 0 Å². The molecule has 0 amide bonds. The third-order valence-corrected chi connectivity index (χ3v) is 4.30. The molecule has 1 aromatic rings. The lowest BCUT2D eigenvalue weighted by Gasteiger charge is -2.06. The first-order valence-corrected chi connectivity index (χ1v) is 9.75. The maximum atomic E-state index is 11.6. The lowest BCUT2D eigenvalue weighted by molar-refractivity contribution is -0.146. The van der Waals surface area contributed by atoms with Crippen LogP contribution >= 0.6 is 22.6 Å². The van der Waals surface area contributed by atoms with Crippen molar-refractivity contribution >= 4 is 34.5 Å². The Morgan fingerprint density at radius 2 is 1.50 bits per heavy atom. The van der Waals surface area contributed by atoms with Crippen LogP contribution in [0.1, 0.15) is 63.9 Å². The molecular formula is C19H27IO4. The Hall–Kier alpha value is -1.11. The van der Waals surface area contributed by atoms with E-state index in [2.05, 4.69) is 29.5 Å². The lowest BCUT2D eigenvalue weighted by Crippen LogP contribution is -2.08. The van der Waals surface area contributed by atoms with Crippen LogP contribution in [0.25, 0.3) is 0 Å². The SMILES string of the molecule is CCCCCCCOC(=O)CCCC(=O)OCc1ccc(I)cc1. The summed E-state index contributed by atoms with van der Waals surface area (Å²) in [5, 5.41) is 0. The molecule has 0 aliphatic rings. The third-order valence-electron chi connectivity index (χ3n) is 3.59. The third kappa shape index (κ3) is 10.6. The Morgan fingerprint density at radius 1 is 0.875 bits per heavy atom. The first kappa shape index (κ1) is 20.9. The minimum absolute atomic E-state index is 0.226. The highest BCUT2D eigenvalue weighted by Gasteiger charge is 2.07. The first-order valence-electron chi connectivity index (χ1n) is 8.67. The van der Waals surface area contributed by atoms with Crippen molar-refractivity contribution in [2.75, 3.05) is 6.61 Å². The van der Waals surface area contributed by atoms with E-state index in [1.807, 2.05) is 24.3 Å². The fraction of sp³-hybridized carbons (Fsp3) is 0.579. The highest BCUT2D eigenvalue weighted by molar-refractivity contribution is 14.1. The molecule has 0 radical (unpaired) electrons. The largest absolute Gasteiger partial charge is 0.466 e. The van der Waals surface area contributed by atoms with Crippen molar-refractivity contribution in [2.45, 2.75) is 64.9 Å². The number of benzene rings is 1. The summed E-state index contributed by atoms with van der Waals surface area (Å²) in [5.74, 6) is -0.503. The number of ether oxygens (including phenoxy) is 2. The van der Waals surface area contributed by atoms with E-state index in [0.29, 0.717) is 13.0 Å². The molecule has 0 aliphatic carbocycles. The predicted octanol–water partition coefficient (Wildman–Crippen LogP) is 5.02. The number of carbonyl (C=O) groups excluding carboxylic acids is 2. The second-order valence-corrected chi connectivity index (χ2v) is 7.02. The number of unbranched alkanes of at least 4 members (excludes halogenated alkanes) is 4. The van der Waals surface area contributed by atoms with E-state index in [1.54, 1.807) is 0 Å². The minimum atomic E-state index is -0.277. The minimum Gasteiger partial charge on any atom is -0.466 e. The zero-order chi connectivity index (χ0) is 17.6. The normalized spacial score (nSPS) is 10.4. The van der Waals surface area contributed by atoms with Gasteiger partial charge in [0, 0.05) is 16.4 Å². The Kier molecular flexibility index (Phi) is 11.5. The highest BCUT2D eigenvalue weighted by Crippen LogP contribution is 2.09. The average Bonchev–Trinajstić information content (AvgIpc) is 2.57. The van der Waals surface area contributed by atoms with Crippen LogP contribution in [-0.4, -0.2) is 18.5 Å². The van der Waals surface area contributed by atoms with Crippen molar-refractivity contribution in [1.82, 2.24) is 0 Å². The molecule has 0 spiro atoms. The Labute approximate surface area is 158 Å². The molecule has 134 valence electrons. The van der Waals surface area contributed by atoms with Crippen LogP contribution in [0.4, 0.5) is 0 Å². The number of hydrogen-bond donors (Lipinski definition) is 0. The molecule has 0 N–H and O–H groups in total. The molecule has 0 bridgehead atoms. The molecular weight excluding hydrogens is 419 g/mol. The van der Waals surface area contributed by atoms with Crippen LogP contribution in [0, 0.1) is 3.57 Å². The molecule has 1 rings (SSSR count). The quantitative estimate of drug-likeness (QED) is 0.257. The van der Waals surface area contributed by atoms with E-state index < -0.39 is 0 Å². The van der Waals surface area contributed by atoms with Crippen molar-refractivity contribution in [3.8, 4) is 0 Å². The number of rotatable bonds is 12. The second kappa shape index (κ2) is 13.2. The van der Waals surface area contributed by atoms with Gasteiger partial charge < -0.3 is 9.47 Å². The fourth-order valence-electron chi connectivity index (χ4n) is 2.16. The van der Waals surface area contributed by atoms with Gasteiger partial charge in [0.05, 0.1) is 6.61 Å². The zero-order valence-corrected chi connectivity index (χ0v) is 16.5. The van der Waals surface area contributed by atoms with Crippen LogP contribution in [0.3, 0.4) is 0 Å². The summed E-state index contributed by atoms with van der Waals surface area (Å²) in [4.78, 5) is 23.2. The second-order valence-electron chi connectivity index (χ2n) is 5.78. The summed E-state index contributed by atoms with van der Waals surface area (Å²) in [7, 11) is 0. The van der Waals surface area contributed by atoms with Crippen molar-refractivity contribution in [2.24, 2.45) is 0 Å². The van der Waals surface area contributed by atoms with Gasteiger partial charge in [-0.2, -0.15) is 0 Å². The van der Waals surface area contributed by atoms with Crippen molar-refractivity contribution in [3.05, 3.63) is 33.4 Å². The Bertz CT molecular complexity index is 485. The first-order chi connectivity index (χ1) is 11.6. The number of halogens is 1. The van der Waals surface area contributed by atoms with Crippen molar-refractivity contribution < 1.29 is 19.1 Å². The van der Waals surface area contributed by atoms with Gasteiger partial charge in [-0.25, -0.2) is 0 Å². The summed E-state index contributed by atoms with van der Waals surface area (Å²) in [5.41, 5.74) is 0.964. The maximum absolute atomic E-state index is 11.6. The van der Waals surface area contributed by atoms with E-state index >= 15 is 0 Å². The lowest BCUT2D eigenvalue weighted by atomic mass is 10.2. The van der Waals surface area contributed by atoms with Gasteiger partial charge in [0.1, 0.15) is 6.61 Å². The average molecular weight is 446 g/mol. The van der Waals surface area contributed by atoms with E-state index in [1.165, 1.54) is 19.3 Å². The molecule has 0 atom stereocenters. The summed E-state index contributed by atoms with van der Waals surface area (Å²) < 4.78 is 11.5. The van der Waals surface area contributed by atoms with E-state index in [4.69, 9.17) is 9.47 Å². The van der Waals surface area contributed by atoms with Crippen molar-refractivity contribution in [1.29, 1.82) is 0 Å². The van der Waals surface area contributed by atoms with Gasteiger partial charge in [-0.1, -0.05) is 44.7 Å². The molecule has 0 aromatic heterocycles. The molecule has 4 nitrogen and oxygen atoms in total. The van der Waals surface area contributed by atoms with Crippen LogP contribution in [-0.2, 0) is 25.7 Å². The summed E-state index contributed by atoms with van der Waals surface area (Å²) in [6, 6.07) is 7.82. The van der Waals surface area contributed by atoms with Gasteiger partial charge in [0.2, 0.25) is 0 Å². The topological polar surface area (TPSA) is 52.6 Å². The molecule has 0 unspecified atom stereocenters. The maximum Gasteiger partial charge on any atom is 0.306 e. The van der Waals surface area contributed by atoms with Gasteiger partial charge in [0.15, 0.2) is 0 Å². The number of carbonyl (C=O) groups is 2. The molecule has 0 saturated carbocycles. The summed E-state index contributed by atoms with van der Waals surface area (Å²) in [6.07, 6.45) is 6.65. The molecule has 0 heterocycles. The Morgan fingerprint density at radius 3 is 2.17 bits per heavy atom. The van der Waals surface area contributed by atoms with Crippen LogP contribution in [0.5, 0.6) is 0 Å². The van der Waals surface area contributed by atoms with Gasteiger partial charge >= 0.3 is 11.9 Å². The molecule has 24 heavy (non-hydrogen) atoms. The number of hydrogen-bond acceptors (Lipinski definition) is 4. The molecule has 0 saturated heterocycles. The van der Waals surface area contributed by atoms with Gasteiger partial charge in [-0.05, 0) is 53.1 Å². The van der Waals surface area contributed by atoms with Gasteiger partial charge in [-0.15, -0.1) is 0 Å². The zero-order valence-electron chi connectivity index (χ0n) is 14.4. The van der Waals surface area contributed by atoms with E-state index in [0.717, 1.165) is 22.0 Å². The van der Waals surface area contributed by atoms with Crippen LogP contribution in [0.2, 0.25) is 0 Å². The standard InChI is InChI=1S/C19H27IO4/c1-2-3-4-5-6-14-23-18(21)8-7-9-19(22)24-15-16-10-12-17(20)13-11-16/h10-13H,2-9,14-15H2,1H3. The highest BCUT2D eigenvalue weighted by atomic mass is 127. The van der Waals surface area contributed by atoms with Gasteiger partial charge in [-0.3, -0.25) is 9.59 Å². The van der Waals surface area contributed by atoms with Crippen molar-refractivity contribution in [3.63, 3.8) is 0 Å². The summed E-state index contributed by atoms with van der Waals surface area (Å²) in [6.45, 7) is 2.93. The van der Waals surface area contributed by atoms with E-state index in [-0.39, 0.29) is 31.4 Å². The fourth-order valence-corrected chi connectivity index (χ4v) is 2.52. The molecule has 0 aliphatic heterocycles. The summed E-state index contributed by atoms with van der Waals surface area (Å²) >= 11 is 2.23. The van der Waals surface area contributed by atoms with E-state index in [9.17, 15) is 9.59 Å². The van der Waals surface area contributed by atoms with Crippen LogP contribution in [0.15, 0.2) is 24.3 Å².